The fourth-order valence-corrected chi connectivity index (χ4v) is 6.07. The van der Waals surface area contributed by atoms with Crippen molar-refractivity contribution in [3.63, 3.8) is 0 Å². The molecule has 0 aromatic heterocycles. The van der Waals surface area contributed by atoms with Crippen LogP contribution in [-0.2, 0) is 0 Å². The van der Waals surface area contributed by atoms with Crippen LogP contribution >= 0.6 is 0 Å². The van der Waals surface area contributed by atoms with Crippen LogP contribution in [0.3, 0.4) is 0 Å². The molecule has 3 aromatic carbocycles. The summed E-state index contributed by atoms with van der Waals surface area (Å²) in [7, 11) is 0. The number of nitrogens with one attached hydrogen (secondary N) is 1. The number of carbonyl (C=O) groups is 2. The second-order valence-corrected chi connectivity index (χ2v) is 10.9. The Hall–Kier alpha value is -4.00. The number of aryl methyl sites for hydroxylation is 2. The molecule has 3 aliphatic heterocycles. The van der Waals surface area contributed by atoms with Crippen LogP contribution < -0.4 is 19.9 Å². The van der Waals surface area contributed by atoms with Gasteiger partial charge in [-0.15, -0.1) is 0 Å². The number of ether oxygens (including phenoxy) is 1. The van der Waals surface area contributed by atoms with Gasteiger partial charge in [0, 0.05) is 49.4 Å². The number of benzene rings is 3. The SMILES string of the molecule is Cc1ccc2c(c1)[C@H]1C[C@@](C)(O2)N(c2cccc(C(=O)N3CCN(c4cccc(C)c4C)CC3)c2)C(=O)N1. The van der Waals surface area contributed by atoms with Gasteiger partial charge in [0.25, 0.3) is 5.91 Å². The Balaban J connectivity index is 1.21. The number of hydrogen-bond donors (Lipinski definition) is 1. The van der Waals surface area contributed by atoms with Gasteiger partial charge in [0.2, 0.25) is 0 Å². The third-order valence-corrected chi connectivity index (χ3v) is 8.26. The van der Waals surface area contributed by atoms with Crippen molar-refractivity contribution in [2.24, 2.45) is 0 Å². The van der Waals surface area contributed by atoms with Crippen LogP contribution in [-0.4, -0.2) is 48.7 Å². The lowest BCUT2D eigenvalue weighted by atomic mass is 9.89. The molecule has 7 heteroatoms. The van der Waals surface area contributed by atoms with Crippen LogP contribution in [0.25, 0.3) is 0 Å². The van der Waals surface area contributed by atoms with E-state index in [1.54, 1.807) is 4.90 Å². The molecule has 1 N–H and O–H groups in total. The molecule has 0 aliphatic carbocycles. The number of piperazine rings is 1. The molecular weight excluding hydrogens is 476 g/mol. The largest absolute Gasteiger partial charge is 0.467 e. The van der Waals surface area contributed by atoms with E-state index in [9.17, 15) is 9.59 Å². The van der Waals surface area contributed by atoms with E-state index >= 15 is 0 Å². The Bertz CT molecular complexity index is 1430. The molecule has 38 heavy (non-hydrogen) atoms. The van der Waals surface area contributed by atoms with Gasteiger partial charge in [-0.3, -0.25) is 9.69 Å². The minimum Gasteiger partial charge on any atom is -0.467 e. The van der Waals surface area contributed by atoms with E-state index in [4.69, 9.17) is 4.74 Å². The van der Waals surface area contributed by atoms with Crippen LogP contribution in [0.15, 0.2) is 60.7 Å². The number of hydrogen-bond acceptors (Lipinski definition) is 4. The maximum absolute atomic E-state index is 13.5. The van der Waals surface area contributed by atoms with Crippen molar-refractivity contribution in [3.05, 3.63) is 88.5 Å². The summed E-state index contributed by atoms with van der Waals surface area (Å²) in [6.45, 7) is 11.2. The molecule has 6 rings (SSSR count). The zero-order valence-corrected chi connectivity index (χ0v) is 22.5. The number of fused-ring (bicyclic) bond motifs is 4. The summed E-state index contributed by atoms with van der Waals surface area (Å²) in [6.07, 6.45) is 0.619. The molecular formula is C31H34N4O3. The first-order valence-electron chi connectivity index (χ1n) is 13.3. The summed E-state index contributed by atoms with van der Waals surface area (Å²) in [6, 6.07) is 19.5. The lowest BCUT2D eigenvalue weighted by molar-refractivity contribution is 0.0377. The number of carbonyl (C=O) groups excluding carboxylic acids is 2. The highest BCUT2D eigenvalue weighted by Crippen LogP contribution is 2.45. The van der Waals surface area contributed by atoms with E-state index in [0.29, 0.717) is 30.8 Å². The molecule has 2 saturated heterocycles. The molecule has 3 aliphatic rings. The molecule has 2 fully saturated rings. The highest BCUT2D eigenvalue weighted by atomic mass is 16.5. The van der Waals surface area contributed by atoms with Gasteiger partial charge >= 0.3 is 6.03 Å². The smallest absolute Gasteiger partial charge is 0.325 e. The van der Waals surface area contributed by atoms with E-state index in [1.165, 1.54) is 16.8 Å². The number of anilines is 2. The molecule has 3 aromatic rings. The molecule has 2 bridgehead atoms. The van der Waals surface area contributed by atoms with Gasteiger partial charge in [-0.2, -0.15) is 0 Å². The van der Waals surface area contributed by atoms with Crippen LogP contribution in [0.2, 0.25) is 0 Å². The summed E-state index contributed by atoms with van der Waals surface area (Å²) in [4.78, 5) is 32.8. The Labute approximate surface area is 224 Å². The lowest BCUT2D eigenvalue weighted by Gasteiger charge is -2.50. The van der Waals surface area contributed by atoms with E-state index in [0.717, 1.165) is 30.0 Å². The summed E-state index contributed by atoms with van der Waals surface area (Å²) < 4.78 is 6.44. The molecule has 0 radical (unpaired) electrons. The van der Waals surface area contributed by atoms with E-state index in [2.05, 4.69) is 48.3 Å². The Morgan fingerprint density at radius 1 is 0.974 bits per heavy atom. The summed E-state index contributed by atoms with van der Waals surface area (Å²) >= 11 is 0. The first-order chi connectivity index (χ1) is 18.2. The molecule has 0 saturated carbocycles. The highest BCUT2D eigenvalue weighted by molar-refractivity contribution is 5.99. The Morgan fingerprint density at radius 3 is 2.53 bits per heavy atom. The van der Waals surface area contributed by atoms with Crippen LogP contribution in [0, 0.1) is 20.8 Å². The van der Waals surface area contributed by atoms with Crippen LogP contribution in [0.4, 0.5) is 16.2 Å². The van der Waals surface area contributed by atoms with Gasteiger partial charge in [-0.1, -0.05) is 35.9 Å². The summed E-state index contributed by atoms with van der Waals surface area (Å²) in [5, 5.41) is 3.15. The van der Waals surface area contributed by atoms with Gasteiger partial charge in [-0.25, -0.2) is 4.79 Å². The molecule has 7 nitrogen and oxygen atoms in total. The topological polar surface area (TPSA) is 65.1 Å². The molecule has 0 spiro atoms. The third-order valence-electron chi connectivity index (χ3n) is 8.26. The normalized spacial score (nSPS) is 22.5. The molecule has 2 atom stereocenters. The lowest BCUT2D eigenvalue weighted by Crippen LogP contribution is -2.65. The minimum absolute atomic E-state index is 0.0155. The zero-order chi connectivity index (χ0) is 26.6. The van der Waals surface area contributed by atoms with Crippen LogP contribution in [0.5, 0.6) is 5.75 Å². The van der Waals surface area contributed by atoms with Gasteiger partial charge in [0.1, 0.15) is 5.75 Å². The second kappa shape index (κ2) is 9.08. The predicted octanol–water partition coefficient (Wildman–Crippen LogP) is 5.34. The fraction of sp³-hybridized carbons (Fsp3) is 0.355. The average molecular weight is 511 g/mol. The van der Waals surface area contributed by atoms with Gasteiger partial charge < -0.3 is 19.9 Å². The van der Waals surface area contributed by atoms with Crippen molar-refractivity contribution in [2.75, 3.05) is 36.0 Å². The number of urea groups is 1. The van der Waals surface area contributed by atoms with Crippen molar-refractivity contribution in [3.8, 4) is 5.75 Å². The quantitative estimate of drug-likeness (QED) is 0.516. The highest BCUT2D eigenvalue weighted by Gasteiger charge is 2.50. The Morgan fingerprint density at radius 2 is 1.74 bits per heavy atom. The first kappa shape index (κ1) is 24.3. The monoisotopic (exact) mass is 510 g/mol. The van der Waals surface area contributed by atoms with E-state index < -0.39 is 5.72 Å². The standard InChI is InChI=1S/C31H34N4O3/c1-20-11-12-28-25(17-20)26-19-31(4,38-28)35(30(37)32-26)24-9-6-8-23(18-24)29(36)34-15-13-33(14-16-34)27-10-5-7-21(2)22(27)3/h5-12,17-18,26H,13-16,19H2,1-4H3,(H,32,37)/t26-,31-/m1/s1. The average Bonchev–Trinajstić information content (AvgIpc) is 2.90. The van der Waals surface area contributed by atoms with Crippen molar-refractivity contribution < 1.29 is 14.3 Å². The van der Waals surface area contributed by atoms with Gasteiger partial charge in [0.05, 0.1) is 11.7 Å². The Kier molecular flexibility index (Phi) is 5.82. The third kappa shape index (κ3) is 4.06. The maximum atomic E-state index is 13.5. The molecule has 3 heterocycles. The number of nitrogens with zero attached hydrogens (tertiary/aromatic N) is 3. The van der Waals surface area contributed by atoms with E-state index in [1.807, 2.05) is 55.1 Å². The second-order valence-electron chi connectivity index (χ2n) is 10.9. The van der Waals surface area contributed by atoms with E-state index in [-0.39, 0.29) is 18.0 Å². The molecule has 3 amide bonds. The summed E-state index contributed by atoms with van der Waals surface area (Å²) in [5.74, 6) is 0.770. The molecule has 0 unspecified atom stereocenters. The van der Waals surface area contributed by atoms with Crippen molar-refractivity contribution >= 4 is 23.3 Å². The van der Waals surface area contributed by atoms with Crippen LogP contribution in [0.1, 0.15) is 52.0 Å². The zero-order valence-electron chi connectivity index (χ0n) is 22.5. The van der Waals surface area contributed by atoms with Crippen molar-refractivity contribution in [2.45, 2.75) is 45.9 Å². The fourth-order valence-electron chi connectivity index (χ4n) is 6.07. The van der Waals surface area contributed by atoms with Gasteiger partial charge in [-0.05, 0) is 69.2 Å². The first-order valence-corrected chi connectivity index (χ1v) is 13.3. The summed E-state index contributed by atoms with van der Waals surface area (Å²) in [5.41, 5.74) is 6.33. The maximum Gasteiger partial charge on any atom is 0.325 e. The number of amides is 3. The van der Waals surface area contributed by atoms with Gasteiger partial charge in [0.15, 0.2) is 5.72 Å². The number of rotatable bonds is 3. The van der Waals surface area contributed by atoms with Crippen molar-refractivity contribution in [1.82, 2.24) is 10.2 Å². The van der Waals surface area contributed by atoms with Crippen molar-refractivity contribution in [1.29, 1.82) is 0 Å². The molecule has 196 valence electrons. The minimum atomic E-state index is -0.853. The predicted molar refractivity (Wildman–Crippen MR) is 149 cm³/mol.